The van der Waals surface area contributed by atoms with Gasteiger partial charge in [-0.2, -0.15) is 0 Å². The maximum absolute atomic E-state index is 2.54. The summed E-state index contributed by atoms with van der Waals surface area (Å²) in [5, 5.41) is 0. The Kier molecular flexibility index (Phi) is 4.29. The molecule has 1 aliphatic rings. The van der Waals surface area contributed by atoms with Crippen molar-refractivity contribution in [2.75, 3.05) is 26.2 Å². The van der Waals surface area contributed by atoms with E-state index in [0.29, 0.717) is 6.04 Å². The standard InChI is InChI=1S/C11H22N2/c1-4-5-6-12-7-9-13(10-8-12)11(2)3/h5-6,11H,4,7-10H2,1-3H3/b6-5+. The molecule has 1 heterocycles. The summed E-state index contributed by atoms with van der Waals surface area (Å²) in [6.45, 7) is 11.5. The van der Waals surface area contributed by atoms with Gasteiger partial charge in [0.15, 0.2) is 0 Å². The van der Waals surface area contributed by atoms with E-state index >= 15 is 0 Å². The normalized spacial score (nSPS) is 20.5. The Hall–Kier alpha value is -0.500. The van der Waals surface area contributed by atoms with Crippen molar-refractivity contribution in [1.82, 2.24) is 9.80 Å². The Bertz CT molecular complexity index is 155. The number of piperazine rings is 1. The average Bonchev–Trinajstić information content (AvgIpc) is 2.15. The van der Waals surface area contributed by atoms with Crippen LogP contribution < -0.4 is 0 Å². The molecule has 2 nitrogen and oxygen atoms in total. The molecule has 13 heavy (non-hydrogen) atoms. The van der Waals surface area contributed by atoms with Crippen molar-refractivity contribution in [1.29, 1.82) is 0 Å². The zero-order valence-electron chi connectivity index (χ0n) is 9.16. The van der Waals surface area contributed by atoms with Crippen LogP contribution in [-0.4, -0.2) is 42.0 Å². The van der Waals surface area contributed by atoms with Crippen LogP contribution in [0.5, 0.6) is 0 Å². The van der Waals surface area contributed by atoms with Gasteiger partial charge in [-0.3, -0.25) is 4.90 Å². The number of nitrogens with zero attached hydrogens (tertiary/aromatic N) is 2. The van der Waals surface area contributed by atoms with Crippen molar-refractivity contribution in [3.05, 3.63) is 12.3 Å². The molecule has 0 radical (unpaired) electrons. The summed E-state index contributed by atoms with van der Waals surface area (Å²) in [4.78, 5) is 4.96. The molecular weight excluding hydrogens is 160 g/mol. The van der Waals surface area contributed by atoms with Crippen molar-refractivity contribution >= 4 is 0 Å². The summed E-state index contributed by atoms with van der Waals surface area (Å²) in [5.41, 5.74) is 0. The van der Waals surface area contributed by atoms with Crippen molar-refractivity contribution in [2.24, 2.45) is 0 Å². The third-order valence-corrected chi connectivity index (χ3v) is 2.63. The molecule has 1 aliphatic heterocycles. The Morgan fingerprint density at radius 3 is 2.23 bits per heavy atom. The minimum absolute atomic E-state index is 0.706. The van der Waals surface area contributed by atoms with Crippen molar-refractivity contribution in [3.8, 4) is 0 Å². The lowest BCUT2D eigenvalue weighted by Crippen LogP contribution is -2.46. The van der Waals surface area contributed by atoms with Crippen LogP contribution in [0.2, 0.25) is 0 Å². The van der Waals surface area contributed by atoms with E-state index in [0.717, 1.165) is 6.42 Å². The second-order valence-electron chi connectivity index (χ2n) is 3.96. The maximum atomic E-state index is 2.54. The van der Waals surface area contributed by atoms with Gasteiger partial charge in [0.05, 0.1) is 0 Å². The van der Waals surface area contributed by atoms with Gasteiger partial charge in [-0.05, 0) is 26.5 Å². The van der Waals surface area contributed by atoms with Gasteiger partial charge in [-0.25, -0.2) is 0 Å². The minimum atomic E-state index is 0.706. The second kappa shape index (κ2) is 5.28. The van der Waals surface area contributed by atoms with Crippen LogP contribution in [0.15, 0.2) is 12.3 Å². The molecule has 0 aromatic rings. The fourth-order valence-electron chi connectivity index (χ4n) is 1.66. The first-order valence-corrected chi connectivity index (χ1v) is 5.38. The molecule has 0 aromatic heterocycles. The van der Waals surface area contributed by atoms with Crippen LogP contribution >= 0.6 is 0 Å². The predicted molar refractivity (Wildman–Crippen MR) is 57.7 cm³/mol. The Labute approximate surface area is 82.2 Å². The summed E-state index contributed by atoms with van der Waals surface area (Å²) in [7, 11) is 0. The van der Waals surface area contributed by atoms with Gasteiger partial charge in [0.1, 0.15) is 0 Å². The monoisotopic (exact) mass is 182 g/mol. The zero-order chi connectivity index (χ0) is 9.68. The van der Waals surface area contributed by atoms with Crippen LogP contribution in [0, 0.1) is 0 Å². The first-order valence-electron chi connectivity index (χ1n) is 5.38. The molecule has 0 bridgehead atoms. The molecule has 76 valence electrons. The van der Waals surface area contributed by atoms with Crippen LogP contribution in [-0.2, 0) is 0 Å². The molecule has 0 unspecified atom stereocenters. The van der Waals surface area contributed by atoms with Crippen molar-refractivity contribution in [3.63, 3.8) is 0 Å². The zero-order valence-corrected chi connectivity index (χ0v) is 9.16. The van der Waals surface area contributed by atoms with Crippen LogP contribution in [0.25, 0.3) is 0 Å². The van der Waals surface area contributed by atoms with Crippen LogP contribution in [0.1, 0.15) is 27.2 Å². The highest BCUT2D eigenvalue weighted by Gasteiger charge is 2.15. The highest BCUT2D eigenvalue weighted by molar-refractivity contribution is 4.85. The molecule has 0 amide bonds. The van der Waals surface area contributed by atoms with Gasteiger partial charge in [0.2, 0.25) is 0 Å². The quantitative estimate of drug-likeness (QED) is 0.658. The summed E-state index contributed by atoms with van der Waals surface area (Å²) in [5.74, 6) is 0. The molecule has 0 aliphatic carbocycles. The van der Waals surface area contributed by atoms with Crippen LogP contribution in [0.3, 0.4) is 0 Å². The summed E-state index contributed by atoms with van der Waals surface area (Å²) >= 11 is 0. The second-order valence-corrected chi connectivity index (χ2v) is 3.96. The lowest BCUT2D eigenvalue weighted by atomic mass is 10.2. The fraction of sp³-hybridized carbons (Fsp3) is 0.818. The molecule has 1 rings (SSSR count). The summed E-state index contributed by atoms with van der Waals surface area (Å²) < 4.78 is 0. The molecule has 0 atom stereocenters. The topological polar surface area (TPSA) is 6.48 Å². The third-order valence-electron chi connectivity index (χ3n) is 2.63. The first kappa shape index (κ1) is 10.6. The predicted octanol–water partition coefficient (Wildman–Crippen LogP) is 1.94. The van der Waals surface area contributed by atoms with Gasteiger partial charge in [0, 0.05) is 32.2 Å². The largest absolute Gasteiger partial charge is 0.375 e. The summed E-state index contributed by atoms with van der Waals surface area (Å²) in [6, 6.07) is 0.706. The highest BCUT2D eigenvalue weighted by Crippen LogP contribution is 2.05. The molecule has 0 saturated carbocycles. The molecule has 1 saturated heterocycles. The molecular formula is C11H22N2. The number of rotatable bonds is 3. The third kappa shape index (κ3) is 3.39. The summed E-state index contributed by atoms with van der Waals surface area (Å²) in [6.07, 6.45) is 5.63. The van der Waals surface area contributed by atoms with E-state index < -0.39 is 0 Å². The smallest absolute Gasteiger partial charge is 0.0300 e. The van der Waals surface area contributed by atoms with E-state index in [4.69, 9.17) is 0 Å². The van der Waals surface area contributed by atoms with Gasteiger partial charge in [-0.15, -0.1) is 0 Å². The van der Waals surface area contributed by atoms with Gasteiger partial charge < -0.3 is 4.90 Å². The minimum Gasteiger partial charge on any atom is -0.375 e. The lowest BCUT2D eigenvalue weighted by Gasteiger charge is -2.36. The Morgan fingerprint density at radius 2 is 1.77 bits per heavy atom. The van der Waals surface area contributed by atoms with Gasteiger partial charge in [0.25, 0.3) is 0 Å². The van der Waals surface area contributed by atoms with Crippen molar-refractivity contribution in [2.45, 2.75) is 33.2 Å². The van der Waals surface area contributed by atoms with E-state index in [1.807, 2.05) is 0 Å². The SMILES string of the molecule is CC/C=C/N1CCN(C(C)C)CC1. The molecule has 0 N–H and O–H groups in total. The van der Waals surface area contributed by atoms with E-state index in [1.165, 1.54) is 26.2 Å². The first-order chi connectivity index (χ1) is 6.24. The number of hydrogen-bond donors (Lipinski definition) is 0. The van der Waals surface area contributed by atoms with Gasteiger partial charge in [-0.1, -0.05) is 13.0 Å². The molecule has 0 spiro atoms. The number of allylic oxidation sites excluding steroid dienone is 1. The lowest BCUT2D eigenvalue weighted by molar-refractivity contribution is 0.137. The van der Waals surface area contributed by atoms with Gasteiger partial charge >= 0.3 is 0 Å². The van der Waals surface area contributed by atoms with E-state index in [2.05, 4.69) is 42.8 Å². The fourth-order valence-corrected chi connectivity index (χ4v) is 1.66. The number of hydrogen-bond acceptors (Lipinski definition) is 2. The van der Waals surface area contributed by atoms with Crippen LogP contribution in [0.4, 0.5) is 0 Å². The molecule has 2 heteroatoms. The molecule has 1 fully saturated rings. The average molecular weight is 182 g/mol. The Morgan fingerprint density at radius 1 is 1.15 bits per heavy atom. The van der Waals surface area contributed by atoms with E-state index in [1.54, 1.807) is 0 Å². The molecule has 0 aromatic carbocycles. The highest BCUT2D eigenvalue weighted by atomic mass is 15.3. The Balaban J connectivity index is 2.26. The van der Waals surface area contributed by atoms with E-state index in [9.17, 15) is 0 Å². The maximum Gasteiger partial charge on any atom is 0.0300 e. The van der Waals surface area contributed by atoms with Crippen molar-refractivity contribution < 1.29 is 0 Å². The van der Waals surface area contributed by atoms with E-state index in [-0.39, 0.29) is 0 Å².